The van der Waals surface area contributed by atoms with Gasteiger partial charge in [-0.25, -0.2) is 0 Å². The van der Waals surface area contributed by atoms with Crippen molar-refractivity contribution < 1.29 is 0 Å². The highest BCUT2D eigenvalue weighted by atomic mass is 15.2. The summed E-state index contributed by atoms with van der Waals surface area (Å²) in [7, 11) is 4.36. The molecular weight excluding hydrogens is 172 g/mol. The first-order valence-corrected chi connectivity index (χ1v) is 5.22. The summed E-state index contributed by atoms with van der Waals surface area (Å²) in [6.07, 6.45) is 1.24. The predicted molar refractivity (Wildman–Crippen MR) is 62.3 cm³/mol. The number of benzene rings is 1. The molecular formula is C12H18N2. The van der Waals surface area contributed by atoms with Gasteiger partial charge in [-0.2, -0.15) is 0 Å². The lowest BCUT2D eigenvalue weighted by atomic mass is 10.1. The van der Waals surface area contributed by atoms with Crippen molar-refractivity contribution in [2.75, 3.05) is 37.0 Å². The van der Waals surface area contributed by atoms with Crippen LogP contribution in [0.25, 0.3) is 0 Å². The second kappa shape index (κ2) is 3.52. The van der Waals surface area contributed by atoms with E-state index in [1.54, 1.807) is 0 Å². The first-order chi connectivity index (χ1) is 6.70. The van der Waals surface area contributed by atoms with E-state index in [9.17, 15) is 0 Å². The summed E-state index contributed by atoms with van der Waals surface area (Å²) in [5.74, 6) is 0. The fourth-order valence-electron chi connectivity index (χ4n) is 2.23. The molecule has 0 aromatic heterocycles. The van der Waals surface area contributed by atoms with Gasteiger partial charge >= 0.3 is 0 Å². The third-order valence-corrected chi connectivity index (χ3v) is 3.00. The SMILES string of the molecule is Cc1cccc2c1N(C)CCCN2C. The van der Waals surface area contributed by atoms with Gasteiger partial charge in [0, 0.05) is 27.2 Å². The Bertz CT molecular complexity index is 333. The second-order valence-electron chi connectivity index (χ2n) is 4.14. The molecule has 2 nitrogen and oxygen atoms in total. The lowest BCUT2D eigenvalue weighted by Crippen LogP contribution is -2.18. The minimum atomic E-state index is 1.15. The molecule has 0 saturated carbocycles. The molecule has 0 N–H and O–H groups in total. The van der Waals surface area contributed by atoms with Crippen molar-refractivity contribution in [2.24, 2.45) is 0 Å². The van der Waals surface area contributed by atoms with E-state index in [1.807, 2.05) is 0 Å². The maximum Gasteiger partial charge on any atom is 0.0631 e. The van der Waals surface area contributed by atoms with E-state index < -0.39 is 0 Å². The van der Waals surface area contributed by atoms with Crippen LogP contribution in [-0.4, -0.2) is 27.2 Å². The molecule has 2 heteroatoms. The molecule has 2 rings (SSSR count). The van der Waals surface area contributed by atoms with E-state index >= 15 is 0 Å². The lowest BCUT2D eigenvalue weighted by Gasteiger charge is -2.24. The summed E-state index contributed by atoms with van der Waals surface area (Å²) >= 11 is 0. The number of nitrogens with zero attached hydrogens (tertiary/aromatic N) is 2. The van der Waals surface area contributed by atoms with Crippen molar-refractivity contribution in [3.8, 4) is 0 Å². The number of para-hydroxylation sites is 1. The van der Waals surface area contributed by atoms with Crippen LogP contribution in [0.1, 0.15) is 12.0 Å². The van der Waals surface area contributed by atoms with Crippen molar-refractivity contribution >= 4 is 11.4 Å². The molecule has 0 saturated heterocycles. The monoisotopic (exact) mass is 190 g/mol. The van der Waals surface area contributed by atoms with E-state index in [4.69, 9.17) is 0 Å². The Morgan fingerprint density at radius 1 is 1.07 bits per heavy atom. The van der Waals surface area contributed by atoms with Crippen LogP contribution in [0.2, 0.25) is 0 Å². The molecule has 0 fully saturated rings. The summed E-state index contributed by atoms with van der Waals surface area (Å²) in [5, 5.41) is 0. The van der Waals surface area contributed by atoms with Crippen LogP contribution in [0.4, 0.5) is 11.4 Å². The quantitative estimate of drug-likeness (QED) is 0.619. The average molecular weight is 190 g/mol. The largest absolute Gasteiger partial charge is 0.373 e. The molecule has 76 valence electrons. The molecule has 1 aromatic rings. The van der Waals surface area contributed by atoms with Crippen LogP contribution in [0.3, 0.4) is 0 Å². The first-order valence-electron chi connectivity index (χ1n) is 5.22. The molecule has 1 aliphatic rings. The molecule has 0 aliphatic carbocycles. The Morgan fingerprint density at radius 3 is 2.57 bits per heavy atom. The number of anilines is 2. The van der Waals surface area contributed by atoms with Crippen LogP contribution in [-0.2, 0) is 0 Å². The van der Waals surface area contributed by atoms with Crippen LogP contribution in [0, 0.1) is 6.92 Å². The first kappa shape index (κ1) is 9.38. The van der Waals surface area contributed by atoms with Gasteiger partial charge in [0.25, 0.3) is 0 Å². The number of aryl methyl sites for hydroxylation is 1. The van der Waals surface area contributed by atoms with Crippen LogP contribution in [0.5, 0.6) is 0 Å². The van der Waals surface area contributed by atoms with Gasteiger partial charge in [0.15, 0.2) is 0 Å². The van der Waals surface area contributed by atoms with Crippen molar-refractivity contribution in [2.45, 2.75) is 13.3 Å². The molecule has 0 unspecified atom stereocenters. The number of hydrogen-bond acceptors (Lipinski definition) is 2. The fourth-order valence-corrected chi connectivity index (χ4v) is 2.23. The summed E-state index contributed by atoms with van der Waals surface area (Å²) in [6.45, 7) is 4.50. The molecule has 1 aromatic carbocycles. The minimum absolute atomic E-state index is 1.15. The highest BCUT2D eigenvalue weighted by molar-refractivity contribution is 5.74. The van der Waals surface area contributed by atoms with Crippen LogP contribution < -0.4 is 9.80 Å². The van der Waals surface area contributed by atoms with E-state index in [0.717, 1.165) is 13.1 Å². The van der Waals surface area contributed by atoms with E-state index in [2.05, 4.69) is 49.0 Å². The Hall–Kier alpha value is -1.18. The predicted octanol–water partition coefficient (Wildman–Crippen LogP) is 2.27. The zero-order valence-corrected chi connectivity index (χ0v) is 9.25. The maximum absolute atomic E-state index is 2.37. The molecule has 1 aliphatic heterocycles. The summed E-state index contributed by atoms with van der Waals surface area (Å²) in [4.78, 5) is 4.72. The Kier molecular flexibility index (Phi) is 2.36. The number of hydrogen-bond donors (Lipinski definition) is 0. The Morgan fingerprint density at radius 2 is 1.79 bits per heavy atom. The molecule has 0 spiro atoms. The van der Waals surface area contributed by atoms with E-state index in [-0.39, 0.29) is 0 Å². The zero-order chi connectivity index (χ0) is 10.1. The molecule has 0 amide bonds. The third kappa shape index (κ3) is 1.45. The Balaban J connectivity index is 2.54. The minimum Gasteiger partial charge on any atom is -0.373 e. The van der Waals surface area contributed by atoms with Crippen molar-refractivity contribution in [1.29, 1.82) is 0 Å². The lowest BCUT2D eigenvalue weighted by molar-refractivity contribution is 0.790. The van der Waals surface area contributed by atoms with Gasteiger partial charge < -0.3 is 9.80 Å². The summed E-state index contributed by atoms with van der Waals surface area (Å²) in [6, 6.07) is 6.54. The van der Waals surface area contributed by atoms with Crippen LogP contribution in [0.15, 0.2) is 18.2 Å². The Labute approximate surface area is 86.1 Å². The van der Waals surface area contributed by atoms with E-state index in [0.29, 0.717) is 0 Å². The van der Waals surface area contributed by atoms with Gasteiger partial charge in [-0.05, 0) is 25.0 Å². The van der Waals surface area contributed by atoms with Gasteiger partial charge in [0.05, 0.1) is 11.4 Å². The summed E-state index contributed by atoms with van der Waals surface area (Å²) in [5.41, 5.74) is 4.14. The topological polar surface area (TPSA) is 6.48 Å². The van der Waals surface area contributed by atoms with Gasteiger partial charge in [-0.1, -0.05) is 12.1 Å². The molecule has 0 bridgehead atoms. The van der Waals surface area contributed by atoms with E-state index in [1.165, 1.54) is 23.4 Å². The highest BCUT2D eigenvalue weighted by Gasteiger charge is 2.16. The van der Waals surface area contributed by atoms with Gasteiger partial charge in [-0.3, -0.25) is 0 Å². The average Bonchev–Trinajstić information content (AvgIpc) is 2.29. The maximum atomic E-state index is 2.37. The normalized spacial score (nSPS) is 16.5. The fraction of sp³-hybridized carbons (Fsp3) is 0.500. The standard InChI is InChI=1S/C12H18N2/c1-10-6-4-7-11-12(10)14(3)9-5-8-13(11)2/h4,6-7H,5,8-9H2,1-3H3. The highest BCUT2D eigenvalue weighted by Crippen LogP contribution is 2.33. The van der Waals surface area contributed by atoms with Crippen LogP contribution >= 0.6 is 0 Å². The molecule has 1 heterocycles. The van der Waals surface area contributed by atoms with Crippen molar-refractivity contribution in [1.82, 2.24) is 0 Å². The molecule has 0 radical (unpaired) electrons. The third-order valence-electron chi connectivity index (χ3n) is 3.00. The second-order valence-corrected chi connectivity index (χ2v) is 4.14. The smallest absolute Gasteiger partial charge is 0.0631 e. The van der Waals surface area contributed by atoms with Crippen molar-refractivity contribution in [3.05, 3.63) is 23.8 Å². The zero-order valence-electron chi connectivity index (χ0n) is 9.25. The van der Waals surface area contributed by atoms with Gasteiger partial charge in [0.1, 0.15) is 0 Å². The van der Waals surface area contributed by atoms with Gasteiger partial charge in [-0.15, -0.1) is 0 Å². The number of rotatable bonds is 0. The number of fused-ring (bicyclic) bond motifs is 1. The summed E-state index contributed by atoms with van der Waals surface area (Å²) < 4.78 is 0. The van der Waals surface area contributed by atoms with Gasteiger partial charge in [0.2, 0.25) is 0 Å². The molecule has 0 atom stereocenters. The van der Waals surface area contributed by atoms with Crippen molar-refractivity contribution in [3.63, 3.8) is 0 Å². The molecule has 14 heavy (non-hydrogen) atoms.